The Morgan fingerprint density at radius 1 is 1.41 bits per heavy atom. The molecule has 1 unspecified atom stereocenters. The van der Waals surface area contributed by atoms with Crippen LogP contribution in [0.2, 0.25) is 5.02 Å². The van der Waals surface area contributed by atoms with Crippen LogP contribution in [0.4, 0.5) is 4.79 Å². The minimum absolute atomic E-state index is 0.0522. The second kappa shape index (κ2) is 6.40. The number of hydrogen-bond donors (Lipinski definition) is 1. The number of nitrogens with one attached hydrogen (secondary N) is 1. The van der Waals surface area contributed by atoms with Crippen LogP contribution in [0.3, 0.4) is 0 Å². The molecule has 0 saturated carbocycles. The van der Waals surface area contributed by atoms with E-state index in [1.165, 1.54) is 0 Å². The van der Waals surface area contributed by atoms with Gasteiger partial charge in [0, 0.05) is 24.8 Å². The second-order valence-electron chi connectivity index (χ2n) is 5.48. The van der Waals surface area contributed by atoms with Gasteiger partial charge in [0.25, 0.3) is 0 Å². The van der Waals surface area contributed by atoms with Crippen molar-refractivity contribution >= 4 is 17.6 Å². The standard InChI is InChI=1S/C16H19ClN4O/c1-20-12(8-9-19-20)11-18-16(22)21-10-4-7-15(21)13-5-2-3-6-14(13)17/h2-3,5-6,8-9,15H,4,7,10-11H2,1H3,(H,18,22). The fourth-order valence-corrected chi connectivity index (χ4v) is 3.18. The molecule has 1 aliphatic heterocycles. The number of hydrogen-bond acceptors (Lipinski definition) is 2. The van der Waals surface area contributed by atoms with Crippen molar-refractivity contribution in [3.05, 3.63) is 52.8 Å². The average Bonchev–Trinajstić information content (AvgIpc) is 3.14. The number of benzene rings is 1. The van der Waals surface area contributed by atoms with E-state index >= 15 is 0 Å². The van der Waals surface area contributed by atoms with Crippen molar-refractivity contribution in [1.29, 1.82) is 0 Å². The quantitative estimate of drug-likeness (QED) is 0.945. The third kappa shape index (κ3) is 2.95. The Bertz CT molecular complexity index is 670. The molecule has 0 spiro atoms. The molecule has 5 nitrogen and oxygen atoms in total. The molecule has 1 saturated heterocycles. The second-order valence-corrected chi connectivity index (χ2v) is 5.88. The lowest BCUT2D eigenvalue weighted by Gasteiger charge is -2.26. The molecule has 6 heteroatoms. The summed E-state index contributed by atoms with van der Waals surface area (Å²) in [5.41, 5.74) is 2.00. The Labute approximate surface area is 134 Å². The zero-order valence-electron chi connectivity index (χ0n) is 12.5. The molecular weight excluding hydrogens is 300 g/mol. The zero-order chi connectivity index (χ0) is 15.5. The Balaban J connectivity index is 1.69. The van der Waals surface area contributed by atoms with E-state index in [-0.39, 0.29) is 12.1 Å². The third-order valence-electron chi connectivity index (χ3n) is 4.12. The molecule has 1 atom stereocenters. The number of carbonyl (C=O) groups excluding carboxylic acids is 1. The molecule has 3 rings (SSSR count). The highest BCUT2D eigenvalue weighted by molar-refractivity contribution is 6.31. The molecule has 1 aromatic carbocycles. The van der Waals surface area contributed by atoms with E-state index in [1.807, 2.05) is 42.3 Å². The first-order valence-corrected chi connectivity index (χ1v) is 7.80. The average molecular weight is 319 g/mol. The number of carbonyl (C=O) groups is 1. The maximum Gasteiger partial charge on any atom is 0.318 e. The number of halogens is 1. The predicted molar refractivity (Wildman–Crippen MR) is 85.6 cm³/mol. The van der Waals surface area contributed by atoms with Crippen LogP contribution in [0.15, 0.2) is 36.5 Å². The Morgan fingerprint density at radius 2 is 2.23 bits per heavy atom. The van der Waals surface area contributed by atoms with Gasteiger partial charge in [-0.3, -0.25) is 4.68 Å². The van der Waals surface area contributed by atoms with Gasteiger partial charge in [0.2, 0.25) is 0 Å². The molecule has 0 radical (unpaired) electrons. The van der Waals surface area contributed by atoms with Gasteiger partial charge in [-0.15, -0.1) is 0 Å². The summed E-state index contributed by atoms with van der Waals surface area (Å²) >= 11 is 6.28. The van der Waals surface area contributed by atoms with Gasteiger partial charge in [-0.05, 0) is 30.5 Å². The minimum atomic E-state index is -0.0522. The first kappa shape index (κ1) is 14.9. The summed E-state index contributed by atoms with van der Waals surface area (Å²) in [7, 11) is 1.86. The van der Waals surface area contributed by atoms with Crippen molar-refractivity contribution in [3.63, 3.8) is 0 Å². The Morgan fingerprint density at radius 3 is 2.95 bits per heavy atom. The van der Waals surface area contributed by atoms with Crippen LogP contribution in [0.25, 0.3) is 0 Å². The number of rotatable bonds is 3. The molecule has 1 fully saturated rings. The van der Waals surface area contributed by atoms with E-state index in [1.54, 1.807) is 10.9 Å². The first-order valence-electron chi connectivity index (χ1n) is 7.42. The number of nitrogens with zero attached hydrogens (tertiary/aromatic N) is 3. The van der Waals surface area contributed by atoms with Gasteiger partial charge < -0.3 is 10.2 Å². The monoisotopic (exact) mass is 318 g/mol. The van der Waals surface area contributed by atoms with Crippen molar-refractivity contribution in [2.45, 2.75) is 25.4 Å². The molecule has 2 amide bonds. The fourth-order valence-electron chi connectivity index (χ4n) is 2.92. The van der Waals surface area contributed by atoms with Crippen molar-refractivity contribution in [2.75, 3.05) is 6.54 Å². The first-order chi connectivity index (χ1) is 10.7. The number of aromatic nitrogens is 2. The number of amides is 2. The van der Waals surface area contributed by atoms with Crippen LogP contribution in [0.1, 0.15) is 30.1 Å². The number of aryl methyl sites for hydroxylation is 1. The predicted octanol–water partition coefficient (Wildman–Crippen LogP) is 3.12. The van der Waals surface area contributed by atoms with Crippen LogP contribution in [0, 0.1) is 0 Å². The smallest absolute Gasteiger partial charge is 0.318 e. The van der Waals surface area contributed by atoms with E-state index in [0.29, 0.717) is 6.54 Å². The van der Waals surface area contributed by atoms with Crippen molar-refractivity contribution in [2.24, 2.45) is 7.05 Å². The highest BCUT2D eigenvalue weighted by Crippen LogP contribution is 2.35. The molecule has 1 aliphatic rings. The summed E-state index contributed by atoms with van der Waals surface area (Å²) in [5, 5.41) is 7.79. The normalized spacial score (nSPS) is 17.7. The molecule has 0 bridgehead atoms. The molecule has 22 heavy (non-hydrogen) atoms. The van der Waals surface area contributed by atoms with Gasteiger partial charge in [-0.2, -0.15) is 5.10 Å². The van der Waals surface area contributed by atoms with Crippen LogP contribution >= 0.6 is 11.6 Å². The molecule has 2 heterocycles. The van der Waals surface area contributed by atoms with Crippen LogP contribution in [-0.2, 0) is 13.6 Å². The minimum Gasteiger partial charge on any atom is -0.332 e. The van der Waals surface area contributed by atoms with Crippen molar-refractivity contribution in [3.8, 4) is 0 Å². The van der Waals surface area contributed by atoms with Gasteiger partial charge in [0.05, 0.1) is 18.3 Å². The summed E-state index contributed by atoms with van der Waals surface area (Å²) in [6.45, 7) is 1.23. The molecular formula is C16H19ClN4O. The largest absolute Gasteiger partial charge is 0.332 e. The van der Waals surface area contributed by atoms with Crippen LogP contribution < -0.4 is 5.32 Å². The summed E-state index contributed by atoms with van der Waals surface area (Å²) in [5.74, 6) is 0. The van der Waals surface area contributed by atoms with E-state index in [0.717, 1.165) is 35.7 Å². The van der Waals surface area contributed by atoms with E-state index in [4.69, 9.17) is 11.6 Å². The van der Waals surface area contributed by atoms with Gasteiger partial charge in [-0.25, -0.2) is 4.79 Å². The topological polar surface area (TPSA) is 50.2 Å². The summed E-state index contributed by atoms with van der Waals surface area (Å²) in [4.78, 5) is 14.4. The molecule has 2 aromatic rings. The summed E-state index contributed by atoms with van der Waals surface area (Å²) < 4.78 is 1.76. The fraction of sp³-hybridized carbons (Fsp3) is 0.375. The maximum absolute atomic E-state index is 12.5. The third-order valence-corrected chi connectivity index (χ3v) is 4.47. The zero-order valence-corrected chi connectivity index (χ0v) is 13.3. The molecule has 1 N–H and O–H groups in total. The van der Waals surface area contributed by atoms with E-state index < -0.39 is 0 Å². The molecule has 0 aliphatic carbocycles. The lowest BCUT2D eigenvalue weighted by molar-refractivity contribution is 0.192. The SMILES string of the molecule is Cn1nccc1CNC(=O)N1CCCC1c1ccccc1Cl. The van der Waals surface area contributed by atoms with Crippen molar-refractivity contribution in [1.82, 2.24) is 20.0 Å². The number of urea groups is 1. The van der Waals surface area contributed by atoms with Gasteiger partial charge >= 0.3 is 6.03 Å². The van der Waals surface area contributed by atoms with Gasteiger partial charge in [0.1, 0.15) is 0 Å². The molecule has 1 aromatic heterocycles. The highest BCUT2D eigenvalue weighted by atomic mass is 35.5. The van der Waals surface area contributed by atoms with Gasteiger partial charge in [0.15, 0.2) is 0 Å². The summed E-state index contributed by atoms with van der Waals surface area (Å²) in [6.07, 6.45) is 3.67. The van der Waals surface area contributed by atoms with Crippen molar-refractivity contribution < 1.29 is 4.79 Å². The maximum atomic E-state index is 12.5. The van der Waals surface area contributed by atoms with Gasteiger partial charge in [-0.1, -0.05) is 29.8 Å². The number of likely N-dealkylation sites (tertiary alicyclic amines) is 1. The van der Waals surface area contributed by atoms with E-state index in [2.05, 4.69) is 10.4 Å². The van der Waals surface area contributed by atoms with Crippen LogP contribution in [0.5, 0.6) is 0 Å². The Hall–Kier alpha value is -2.01. The van der Waals surface area contributed by atoms with E-state index in [9.17, 15) is 4.79 Å². The lowest BCUT2D eigenvalue weighted by atomic mass is 10.0. The lowest BCUT2D eigenvalue weighted by Crippen LogP contribution is -2.39. The summed E-state index contributed by atoms with van der Waals surface area (Å²) in [6, 6.07) is 9.65. The van der Waals surface area contributed by atoms with Crippen LogP contribution in [-0.4, -0.2) is 27.3 Å². The Kier molecular flexibility index (Phi) is 4.34. The molecule has 116 valence electrons. The highest BCUT2D eigenvalue weighted by Gasteiger charge is 2.31.